The molecule has 3 rings (SSSR count). The van der Waals surface area contributed by atoms with E-state index in [9.17, 15) is 14.4 Å². The number of carbonyl (C=O) groups excluding carboxylic acids is 3. The van der Waals surface area contributed by atoms with Gasteiger partial charge in [-0.15, -0.1) is 0 Å². The van der Waals surface area contributed by atoms with Gasteiger partial charge in [-0.05, 0) is 42.7 Å². The summed E-state index contributed by atoms with van der Waals surface area (Å²) in [5, 5.41) is 2.65. The van der Waals surface area contributed by atoms with E-state index in [1.165, 1.54) is 16.7 Å². The molecule has 1 aliphatic rings. The highest BCUT2D eigenvalue weighted by molar-refractivity contribution is 6.39. The first kappa shape index (κ1) is 19.7. The van der Waals surface area contributed by atoms with Gasteiger partial charge in [-0.3, -0.25) is 14.4 Å². The molecule has 0 radical (unpaired) electrons. The van der Waals surface area contributed by atoms with Crippen LogP contribution in [-0.2, 0) is 16.0 Å². The van der Waals surface area contributed by atoms with Crippen LogP contribution in [0.15, 0.2) is 47.1 Å². The van der Waals surface area contributed by atoms with E-state index in [4.69, 9.17) is 4.42 Å². The zero-order valence-electron chi connectivity index (χ0n) is 16.0. The van der Waals surface area contributed by atoms with E-state index in [0.717, 1.165) is 19.3 Å². The van der Waals surface area contributed by atoms with E-state index in [1.807, 2.05) is 24.3 Å². The monoisotopic (exact) mass is 383 g/mol. The van der Waals surface area contributed by atoms with E-state index in [0.29, 0.717) is 31.9 Å². The molecule has 1 fully saturated rings. The molecule has 7 heteroatoms. The van der Waals surface area contributed by atoms with Crippen LogP contribution in [0.2, 0.25) is 0 Å². The summed E-state index contributed by atoms with van der Waals surface area (Å²) in [6, 6.07) is 10.8. The van der Waals surface area contributed by atoms with Crippen molar-refractivity contribution in [1.82, 2.24) is 9.80 Å². The van der Waals surface area contributed by atoms with Gasteiger partial charge in [0.15, 0.2) is 5.76 Å². The molecule has 1 aromatic heterocycles. The maximum absolute atomic E-state index is 12.4. The van der Waals surface area contributed by atoms with Crippen molar-refractivity contribution in [3.8, 4) is 0 Å². The first-order valence-corrected chi connectivity index (χ1v) is 9.60. The molecule has 2 heterocycles. The lowest BCUT2D eigenvalue weighted by atomic mass is 10.1. The molecule has 148 valence electrons. The topological polar surface area (TPSA) is 82.9 Å². The molecule has 0 aliphatic carbocycles. The molecule has 1 aliphatic heterocycles. The van der Waals surface area contributed by atoms with Crippen molar-refractivity contribution < 1.29 is 18.8 Å². The third kappa shape index (κ3) is 4.79. The number of benzene rings is 1. The maximum atomic E-state index is 12.4. The summed E-state index contributed by atoms with van der Waals surface area (Å²) in [6.45, 7) is 3.51. The highest BCUT2D eigenvalue weighted by atomic mass is 16.3. The van der Waals surface area contributed by atoms with Crippen molar-refractivity contribution in [3.05, 3.63) is 54.0 Å². The number of aryl methyl sites for hydroxylation is 1. The van der Waals surface area contributed by atoms with Gasteiger partial charge in [0.05, 0.1) is 6.26 Å². The van der Waals surface area contributed by atoms with Crippen molar-refractivity contribution in [1.29, 1.82) is 0 Å². The molecule has 2 aromatic rings. The normalized spacial score (nSPS) is 14.0. The summed E-state index contributed by atoms with van der Waals surface area (Å²) in [6.07, 6.45) is 4.71. The third-order valence-electron chi connectivity index (χ3n) is 4.81. The number of hydrogen-bond acceptors (Lipinski definition) is 4. The second-order valence-corrected chi connectivity index (χ2v) is 6.82. The summed E-state index contributed by atoms with van der Waals surface area (Å²) in [7, 11) is 0. The first-order chi connectivity index (χ1) is 13.6. The van der Waals surface area contributed by atoms with Gasteiger partial charge >= 0.3 is 11.8 Å². The maximum Gasteiger partial charge on any atom is 0.313 e. The minimum atomic E-state index is -0.660. The largest absolute Gasteiger partial charge is 0.459 e. The average molecular weight is 383 g/mol. The average Bonchev–Trinajstić information content (AvgIpc) is 3.27. The Bertz CT molecular complexity index is 807. The summed E-state index contributed by atoms with van der Waals surface area (Å²) in [5.41, 5.74) is 1.81. The number of carbonyl (C=O) groups is 3. The van der Waals surface area contributed by atoms with Gasteiger partial charge in [-0.1, -0.05) is 25.5 Å². The Morgan fingerprint density at radius 3 is 2.29 bits per heavy atom. The minimum Gasteiger partial charge on any atom is -0.459 e. The third-order valence-corrected chi connectivity index (χ3v) is 4.81. The Balaban J connectivity index is 1.49. The van der Waals surface area contributed by atoms with Crippen LogP contribution < -0.4 is 5.32 Å². The number of unbranched alkanes of at least 4 members (excludes halogenated alkanes) is 1. The number of nitrogens with one attached hydrogen (secondary N) is 1. The predicted molar refractivity (Wildman–Crippen MR) is 105 cm³/mol. The molecule has 0 spiro atoms. The Kier molecular flexibility index (Phi) is 6.47. The van der Waals surface area contributed by atoms with E-state index < -0.39 is 11.8 Å². The van der Waals surface area contributed by atoms with Gasteiger partial charge in [0, 0.05) is 31.9 Å². The molecular weight excluding hydrogens is 358 g/mol. The zero-order chi connectivity index (χ0) is 19.9. The Labute approximate surface area is 164 Å². The van der Waals surface area contributed by atoms with E-state index in [-0.39, 0.29) is 11.7 Å². The standard InChI is InChI=1S/C21H25N3O4/c1-2-3-5-16-7-9-17(10-8-16)22-19(25)21(27)24-13-11-23(12-14-24)20(26)18-6-4-15-28-18/h4,6-10,15H,2-3,5,11-14H2,1H3,(H,22,25). The highest BCUT2D eigenvalue weighted by Gasteiger charge is 2.29. The number of amides is 3. The van der Waals surface area contributed by atoms with Crippen molar-refractivity contribution >= 4 is 23.4 Å². The van der Waals surface area contributed by atoms with Crippen LogP contribution in [0.4, 0.5) is 5.69 Å². The van der Waals surface area contributed by atoms with Crippen molar-refractivity contribution in [2.75, 3.05) is 31.5 Å². The Morgan fingerprint density at radius 2 is 1.68 bits per heavy atom. The molecule has 7 nitrogen and oxygen atoms in total. The fourth-order valence-electron chi connectivity index (χ4n) is 3.13. The number of rotatable bonds is 5. The Morgan fingerprint density at radius 1 is 1.00 bits per heavy atom. The molecule has 28 heavy (non-hydrogen) atoms. The number of piperazine rings is 1. The van der Waals surface area contributed by atoms with Gasteiger partial charge in [0.2, 0.25) is 0 Å². The molecule has 0 unspecified atom stereocenters. The second kappa shape index (κ2) is 9.21. The minimum absolute atomic E-state index is 0.204. The number of anilines is 1. The van der Waals surface area contributed by atoms with E-state index in [1.54, 1.807) is 17.0 Å². The molecule has 0 saturated carbocycles. The fraction of sp³-hybridized carbons (Fsp3) is 0.381. The van der Waals surface area contributed by atoms with Crippen LogP contribution in [0.25, 0.3) is 0 Å². The summed E-state index contributed by atoms with van der Waals surface area (Å²) < 4.78 is 5.12. The van der Waals surface area contributed by atoms with E-state index in [2.05, 4.69) is 12.2 Å². The van der Waals surface area contributed by atoms with Crippen molar-refractivity contribution in [2.45, 2.75) is 26.2 Å². The second-order valence-electron chi connectivity index (χ2n) is 6.82. The molecular formula is C21H25N3O4. The molecule has 0 atom stereocenters. The van der Waals surface area contributed by atoms with Gasteiger partial charge in [0.25, 0.3) is 5.91 Å². The van der Waals surface area contributed by atoms with Crippen LogP contribution in [-0.4, -0.2) is 53.7 Å². The number of nitrogens with zero attached hydrogens (tertiary/aromatic N) is 2. The van der Waals surface area contributed by atoms with Crippen LogP contribution in [0.3, 0.4) is 0 Å². The number of furan rings is 1. The molecule has 3 amide bonds. The lowest BCUT2D eigenvalue weighted by Crippen LogP contribution is -2.52. The van der Waals surface area contributed by atoms with Crippen molar-refractivity contribution in [3.63, 3.8) is 0 Å². The van der Waals surface area contributed by atoms with Gasteiger partial charge in [-0.2, -0.15) is 0 Å². The first-order valence-electron chi connectivity index (χ1n) is 9.60. The smallest absolute Gasteiger partial charge is 0.313 e. The summed E-state index contributed by atoms with van der Waals surface area (Å²) in [4.78, 5) is 40.0. The SMILES string of the molecule is CCCCc1ccc(NC(=O)C(=O)N2CCN(C(=O)c3ccco3)CC2)cc1. The van der Waals surface area contributed by atoms with Crippen LogP contribution >= 0.6 is 0 Å². The summed E-state index contributed by atoms with van der Waals surface area (Å²) in [5.74, 6) is -1.17. The lowest BCUT2D eigenvalue weighted by Gasteiger charge is -2.33. The van der Waals surface area contributed by atoms with Gasteiger partial charge in [-0.25, -0.2) is 0 Å². The Hall–Kier alpha value is -3.09. The molecule has 0 bridgehead atoms. The molecule has 1 aromatic carbocycles. The summed E-state index contributed by atoms with van der Waals surface area (Å²) >= 11 is 0. The van der Waals surface area contributed by atoms with Gasteiger partial charge in [0.1, 0.15) is 0 Å². The predicted octanol–water partition coefficient (Wildman–Crippen LogP) is 2.55. The zero-order valence-corrected chi connectivity index (χ0v) is 16.0. The van der Waals surface area contributed by atoms with Crippen LogP contribution in [0, 0.1) is 0 Å². The number of hydrogen-bond donors (Lipinski definition) is 1. The van der Waals surface area contributed by atoms with E-state index >= 15 is 0 Å². The van der Waals surface area contributed by atoms with Gasteiger partial charge < -0.3 is 19.5 Å². The highest BCUT2D eigenvalue weighted by Crippen LogP contribution is 2.13. The quantitative estimate of drug-likeness (QED) is 0.805. The van der Waals surface area contributed by atoms with Crippen LogP contribution in [0.1, 0.15) is 35.9 Å². The van der Waals surface area contributed by atoms with Crippen molar-refractivity contribution in [2.24, 2.45) is 0 Å². The lowest BCUT2D eigenvalue weighted by molar-refractivity contribution is -0.144. The molecule has 1 saturated heterocycles. The fourth-order valence-corrected chi connectivity index (χ4v) is 3.13. The molecule has 1 N–H and O–H groups in total. The van der Waals surface area contributed by atoms with Crippen LogP contribution in [0.5, 0.6) is 0 Å².